The molecule has 166 valence electrons. The fourth-order valence-corrected chi connectivity index (χ4v) is 3.74. The van der Waals surface area contributed by atoms with Gasteiger partial charge in [-0.25, -0.2) is 0 Å². The lowest BCUT2D eigenvalue weighted by molar-refractivity contribution is -0.132. The van der Waals surface area contributed by atoms with E-state index < -0.39 is 0 Å². The summed E-state index contributed by atoms with van der Waals surface area (Å²) in [4.78, 5) is 15.1. The molecule has 0 heterocycles. The summed E-state index contributed by atoms with van der Waals surface area (Å²) in [7, 11) is 0. The van der Waals surface area contributed by atoms with E-state index >= 15 is 0 Å². The molecule has 4 aromatic rings. The van der Waals surface area contributed by atoms with Crippen molar-refractivity contribution in [2.45, 2.75) is 32.5 Å². The van der Waals surface area contributed by atoms with Crippen molar-refractivity contribution >= 4 is 5.91 Å². The molecule has 0 aromatic heterocycles. The first-order valence-electron chi connectivity index (χ1n) is 11.4. The topological polar surface area (TPSA) is 29.5 Å². The Morgan fingerprint density at radius 2 is 1.06 bits per heavy atom. The van der Waals surface area contributed by atoms with E-state index in [1.54, 1.807) is 0 Å². The maximum Gasteiger partial charge on any atom is 0.223 e. The Kier molecular flexibility index (Phi) is 7.91. The number of ether oxygens (including phenoxy) is 1. The molecule has 0 bridgehead atoms. The number of benzene rings is 4. The van der Waals surface area contributed by atoms with Gasteiger partial charge in [-0.05, 0) is 40.8 Å². The molecular weight excluding hydrogens is 406 g/mol. The predicted molar refractivity (Wildman–Crippen MR) is 133 cm³/mol. The largest absolute Gasteiger partial charge is 0.489 e. The van der Waals surface area contributed by atoms with Crippen LogP contribution in [0.25, 0.3) is 0 Å². The molecule has 0 aliphatic carbocycles. The molecule has 0 aliphatic heterocycles. The summed E-state index contributed by atoms with van der Waals surface area (Å²) >= 11 is 0. The Balaban J connectivity index is 1.34. The van der Waals surface area contributed by atoms with Gasteiger partial charge in [-0.3, -0.25) is 4.79 Å². The molecule has 3 heteroatoms. The van der Waals surface area contributed by atoms with Crippen LogP contribution >= 0.6 is 0 Å². The maximum absolute atomic E-state index is 13.2. The number of amides is 1. The van der Waals surface area contributed by atoms with Crippen molar-refractivity contribution < 1.29 is 9.53 Å². The van der Waals surface area contributed by atoms with Crippen LogP contribution in [0.15, 0.2) is 115 Å². The van der Waals surface area contributed by atoms with Crippen molar-refractivity contribution in [3.63, 3.8) is 0 Å². The number of nitrogens with zero attached hydrogens (tertiary/aromatic N) is 1. The predicted octanol–water partition coefficient (Wildman–Crippen LogP) is 6.43. The van der Waals surface area contributed by atoms with Crippen molar-refractivity contribution in [1.29, 1.82) is 0 Å². The van der Waals surface area contributed by atoms with Gasteiger partial charge in [0.15, 0.2) is 0 Å². The lowest BCUT2D eigenvalue weighted by atomic mass is 10.1. The minimum atomic E-state index is 0.159. The van der Waals surface area contributed by atoms with E-state index in [0.717, 1.165) is 28.0 Å². The first-order chi connectivity index (χ1) is 16.3. The maximum atomic E-state index is 13.2. The lowest BCUT2D eigenvalue weighted by Crippen LogP contribution is -2.30. The average Bonchev–Trinajstić information content (AvgIpc) is 2.88. The van der Waals surface area contributed by atoms with Gasteiger partial charge in [-0.2, -0.15) is 0 Å². The number of hydrogen-bond donors (Lipinski definition) is 0. The first-order valence-corrected chi connectivity index (χ1v) is 11.4. The van der Waals surface area contributed by atoms with E-state index in [4.69, 9.17) is 4.74 Å². The van der Waals surface area contributed by atoms with Gasteiger partial charge >= 0.3 is 0 Å². The second kappa shape index (κ2) is 11.7. The van der Waals surface area contributed by atoms with E-state index in [1.165, 1.54) is 0 Å². The van der Waals surface area contributed by atoms with Crippen LogP contribution in [0.1, 0.15) is 28.7 Å². The Morgan fingerprint density at radius 1 is 0.576 bits per heavy atom. The highest BCUT2D eigenvalue weighted by Gasteiger charge is 2.15. The molecule has 0 unspecified atom stereocenters. The number of rotatable bonds is 10. The van der Waals surface area contributed by atoms with Gasteiger partial charge in [0.1, 0.15) is 12.4 Å². The highest BCUT2D eigenvalue weighted by atomic mass is 16.5. The van der Waals surface area contributed by atoms with Crippen LogP contribution in [0, 0.1) is 0 Å². The fraction of sp³-hybridized carbons (Fsp3) is 0.167. The van der Waals surface area contributed by atoms with E-state index in [1.807, 2.05) is 83.8 Å². The highest BCUT2D eigenvalue weighted by Crippen LogP contribution is 2.17. The van der Waals surface area contributed by atoms with Gasteiger partial charge in [0.2, 0.25) is 5.91 Å². The zero-order chi connectivity index (χ0) is 22.7. The number of hydrogen-bond acceptors (Lipinski definition) is 2. The molecule has 0 atom stereocenters. The SMILES string of the molecule is O=C(CCc1ccc(OCc2ccccc2)cc1)N(Cc1ccccc1)Cc1ccccc1. The highest BCUT2D eigenvalue weighted by molar-refractivity contribution is 5.76. The van der Waals surface area contributed by atoms with E-state index in [2.05, 4.69) is 36.4 Å². The van der Waals surface area contributed by atoms with E-state index in [-0.39, 0.29) is 5.91 Å². The monoisotopic (exact) mass is 435 g/mol. The molecular formula is C30H29NO2. The van der Waals surface area contributed by atoms with Crippen LogP contribution < -0.4 is 4.74 Å². The zero-order valence-electron chi connectivity index (χ0n) is 18.8. The zero-order valence-corrected chi connectivity index (χ0v) is 18.8. The van der Waals surface area contributed by atoms with E-state index in [9.17, 15) is 4.79 Å². The minimum Gasteiger partial charge on any atom is -0.489 e. The van der Waals surface area contributed by atoms with Gasteiger partial charge in [0.05, 0.1) is 0 Å². The summed E-state index contributed by atoms with van der Waals surface area (Å²) < 4.78 is 5.87. The Morgan fingerprint density at radius 3 is 1.58 bits per heavy atom. The quantitative estimate of drug-likeness (QED) is 0.287. The van der Waals surface area contributed by atoms with Crippen LogP contribution in [-0.2, 0) is 30.9 Å². The lowest BCUT2D eigenvalue weighted by Gasteiger charge is -2.23. The minimum absolute atomic E-state index is 0.159. The summed E-state index contributed by atoms with van der Waals surface area (Å²) in [6.45, 7) is 1.77. The molecule has 0 saturated carbocycles. The van der Waals surface area contributed by atoms with Crippen molar-refractivity contribution in [1.82, 2.24) is 4.90 Å². The van der Waals surface area contributed by atoms with Crippen molar-refractivity contribution in [3.8, 4) is 5.75 Å². The second-order valence-corrected chi connectivity index (χ2v) is 8.14. The molecule has 4 aromatic carbocycles. The summed E-state index contributed by atoms with van der Waals surface area (Å²) in [5, 5.41) is 0. The molecule has 0 fully saturated rings. The molecule has 0 aliphatic rings. The van der Waals surface area contributed by atoms with Crippen LogP contribution in [0.4, 0.5) is 0 Å². The van der Waals surface area contributed by atoms with Crippen LogP contribution in [-0.4, -0.2) is 10.8 Å². The fourth-order valence-electron chi connectivity index (χ4n) is 3.74. The van der Waals surface area contributed by atoms with Crippen LogP contribution in [0.3, 0.4) is 0 Å². The van der Waals surface area contributed by atoms with Crippen LogP contribution in [0.2, 0.25) is 0 Å². The van der Waals surface area contributed by atoms with Gasteiger partial charge in [0.25, 0.3) is 0 Å². The molecule has 4 rings (SSSR count). The molecule has 0 radical (unpaired) electrons. The summed E-state index contributed by atoms with van der Waals surface area (Å²) in [5.74, 6) is 0.996. The Hall–Kier alpha value is -3.85. The average molecular weight is 436 g/mol. The summed E-state index contributed by atoms with van der Waals surface area (Å²) in [5.41, 5.74) is 4.56. The molecule has 0 N–H and O–H groups in total. The first kappa shape index (κ1) is 22.3. The molecule has 1 amide bonds. The van der Waals surface area contributed by atoms with Gasteiger partial charge in [0, 0.05) is 19.5 Å². The normalized spacial score (nSPS) is 10.5. The van der Waals surface area contributed by atoms with Gasteiger partial charge in [-0.1, -0.05) is 103 Å². The van der Waals surface area contributed by atoms with Gasteiger partial charge in [-0.15, -0.1) is 0 Å². The van der Waals surface area contributed by atoms with Crippen molar-refractivity contribution in [2.24, 2.45) is 0 Å². The molecule has 33 heavy (non-hydrogen) atoms. The number of carbonyl (C=O) groups is 1. The summed E-state index contributed by atoms with van der Waals surface area (Å²) in [6, 6.07) is 38.5. The Bertz CT molecular complexity index is 1070. The van der Waals surface area contributed by atoms with Gasteiger partial charge < -0.3 is 9.64 Å². The number of carbonyl (C=O) groups excluding carboxylic acids is 1. The second-order valence-electron chi connectivity index (χ2n) is 8.14. The standard InChI is InChI=1S/C30H29NO2/c32-30(31(22-26-10-4-1-5-11-26)23-27-12-6-2-7-13-27)21-18-25-16-19-29(20-17-25)33-24-28-14-8-3-9-15-28/h1-17,19-20H,18,21-24H2. The van der Waals surface area contributed by atoms with Crippen molar-refractivity contribution in [2.75, 3.05) is 0 Å². The van der Waals surface area contributed by atoms with E-state index in [0.29, 0.717) is 32.5 Å². The third kappa shape index (κ3) is 7.08. The van der Waals surface area contributed by atoms with Crippen molar-refractivity contribution in [3.05, 3.63) is 138 Å². The summed E-state index contributed by atoms with van der Waals surface area (Å²) in [6.07, 6.45) is 1.18. The Labute approximate surface area is 196 Å². The molecule has 0 spiro atoms. The van der Waals surface area contributed by atoms with Crippen LogP contribution in [0.5, 0.6) is 5.75 Å². The molecule has 0 saturated heterocycles. The third-order valence-corrected chi connectivity index (χ3v) is 5.58. The third-order valence-electron chi connectivity index (χ3n) is 5.58. The molecule has 3 nitrogen and oxygen atoms in total. The smallest absolute Gasteiger partial charge is 0.223 e. The number of aryl methyl sites for hydroxylation is 1.